The summed E-state index contributed by atoms with van der Waals surface area (Å²) in [6, 6.07) is 3.42. The number of nitrogens with one attached hydrogen (secondary N) is 5. The lowest BCUT2D eigenvalue weighted by Crippen LogP contribution is -2.61. The predicted molar refractivity (Wildman–Crippen MR) is 233 cm³/mol. The highest BCUT2D eigenvalue weighted by Crippen LogP contribution is 2.14. The molecule has 0 aliphatic rings. The van der Waals surface area contributed by atoms with Gasteiger partial charge in [0.2, 0.25) is 29.5 Å². The number of unbranched alkanes of at least 4 members (excludes halogenated alkanes) is 12. The van der Waals surface area contributed by atoms with Crippen LogP contribution in [-0.4, -0.2) is 89.2 Å². The average molecular weight is 829 g/mol. The van der Waals surface area contributed by atoms with Crippen molar-refractivity contribution in [1.82, 2.24) is 26.6 Å². The highest BCUT2D eigenvalue weighted by Gasteiger charge is 2.34. The summed E-state index contributed by atoms with van der Waals surface area (Å²) in [5, 5.41) is 23.9. The van der Waals surface area contributed by atoms with Crippen LogP contribution in [0.25, 0.3) is 0 Å². The first-order valence-corrected chi connectivity index (χ1v) is 21.9. The fraction of sp³-hybridized carbons (Fsp3) is 0.705. The van der Waals surface area contributed by atoms with Crippen LogP contribution in [0.1, 0.15) is 150 Å². The topological polar surface area (TPSA) is 247 Å². The van der Waals surface area contributed by atoms with E-state index in [4.69, 9.17) is 11.5 Å². The minimum absolute atomic E-state index is 0.0505. The Bertz CT molecular complexity index is 1440. The number of aliphatic hydroxyl groups is 1. The number of carbonyl (C=O) groups is 6. The van der Waals surface area contributed by atoms with Crippen molar-refractivity contribution in [2.75, 3.05) is 6.54 Å². The summed E-state index contributed by atoms with van der Waals surface area (Å²) in [6.07, 6.45) is 14.7. The van der Waals surface area contributed by atoms with Crippen LogP contribution >= 0.6 is 0 Å². The number of rotatable bonds is 32. The molecule has 0 saturated heterocycles. The molecule has 0 aliphatic heterocycles. The number of amides is 5. The predicted octanol–water partition coefficient (Wildman–Crippen LogP) is 3.83. The summed E-state index contributed by atoms with van der Waals surface area (Å²) >= 11 is 0. The molecule has 0 heterocycles. The minimum Gasteiger partial charge on any atom is -0.391 e. The molecule has 15 nitrogen and oxygen atoms in total. The van der Waals surface area contributed by atoms with Crippen LogP contribution in [0.4, 0.5) is 0 Å². The molecule has 0 aliphatic carbocycles. The molecule has 59 heavy (non-hydrogen) atoms. The molecule has 1 aromatic rings. The lowest BCUT2D eigenvalue weighted by Gasteiger charge is -2.29. The molecule has 6 atom stereocenters. The number of ketones is 1. The smallest absolute Gasteiger partial charge is 0.245 e. The van der Waals surface area contributed by atoms with E-state index in [-0.39, 0.29) is 43.5 Å². The molecule has 0 spiro atoms. The van der Waals surface area contributed by atoms with Gasteiger partial charge in [0.25, 0.3) is 0 Å². The average Bonchev–Trinajstić information content (AvgIpc) is 3.18. The number of nitrogens with two attached hydrogens (primary N) is 2. The van der Waals surface area contributed by atoms with Crippen molar-refractivity contribution >= 4 is 41.3 Å². The lowest BCUT2D eigenvalue weighted by molar-refractivity contribution is -0.136. The molecule has 0 saturated carbocycles. The SMILES string of the molecule is CCCCCCCCCCCCCCCC(=O)NC(C(=O)N[C@H](C(=O)N[C@@H](Cc1ccccc1)C(=O)N[C@@H](CCCN=C(N)N)C(=O)N[C@@H](C)C(C)=O)C(C)C)[C@@H](C)O. The Morgan fingerprint density at radius 2 is 1.14 bits per heavy atom. The van der Waals surface area contributed by atoms with Crippen LogP contribution in [0.15, 0.2) is 35.3 Å². The molecule has 1 unspecified atom stereocenters. The van der Waals surface area contributed by atoms with E-state index in [1.54, 1.807) is 38.1 Å². The number of Topliss-reactive ketones (excluding diaryl/α,β-unsaturated/α-hetero) is 1. The summed E-state index contributed by atoms with van der Waals surface area (Å²) in [5.41, 5.74) is 11.6. The Kier molecular flexibility index (Phi) is 27.1. The van der Waals surface area contributed by atoms with Gasteiger partial charge >= 0.3 is 0 Å². The number of aliphatic imine (C=N–C) groups is 1. The summed E-state index contributed by atoms with van der Waals surface area (Å²) in [6.45, 7) is 10.1. The third kappa shape index (κ3) is 23.6. The van der Waals surface area contributed by atoms with Gasteiger partial charge in [-0.3, -0.25) is 33.8 Å². The molecule has 1 rings (SSSR count). The number of guanidine groups is 1. The Labute approximate surface area is 352 Å². The first-order chi connectivity index (χ1) is 28.1. The first kappa shape index (κ1) is 52.5. The largest absolute Gasteiger partial charge is 0.391 e. The van der Waals surface area contributed by atoms with E-state index in [9.17, 15) is 33.9 Å². The molecule has 0 radical (unpaired) electrons. The second-order valence-electron chi connectivity index (χ2n) is 16.1. The van der Waals surface area contributed by atoms with E-state index in [1.165, 1.54) is 78.6 Å². The van der Waals surface area contributed by atoms with Gasteiger partial charge in [0.15, 0.2) is 11.7 Å². The third-order valence-corrected chi connectivity index (χ3v) is 10.3. The first-order valence-electron chi connectivity index (χ1n) is 21.9. The Balaban J connectivity index is 2.94. The molecule has 15 heteroatoms. The van der Waals surface area contributed by atoms with Crippen molar-refractivity contribution in [2.45, 2.75) is 187 Å². The lowest BCUT2D eigenvalue weighted by atomic mass is 9.99. The molecule has 10 N–H and O–H groups in total. The van der Waals surface area contributed by atoms with E-state index in [0.717, 1.165) is 24.8 Å². The zero-order chi connectivity index (χ0) is 44.2. The fourth-order valence-corrected chi connectivity index (χ4v) is 6.51. The van der Waals surface area contributed by atoms with E-state index in [0.29, 0.717) is 12.8 Å². The van der Waals surface area contributed by atoms with Crippen molar-refractivity contribution in [1.29, 1.82) is 0 Å². The van der Waals surface area contributed by atoms with Gasteiger partial charge in [-0.25, -0.2) is 0 Å². The quantitative estimate of drug-likeness (QED) is 0.0298. The summed E-state index contributed by atoms with van der Waals surface area (Å²) in [7, 11) is 0. The molecule has 1 aromatic carbocycles. The maximum absolute atomic E-state index is 13.9. The molecular weight excluding hydrogens is 753 g/mol. The minimum atomic E-state index is -1.31. The highest BCUT2D eigenvalue weighted by atomic mass is 16.3. The number of aliphatic hydroxyl groups excluding tert-OH is 1. The second-order valence-corrected chi connectivity index (χ2v) is 16.1. The van der Waals surface area contributed by atoms with Crippen molar-refractivity contribution in [3.8, 4) is 0 Å². The molecule has 0 fully saturated rings. The van der Waals surface area contributed by atoms with E-state index in [2.05, 4.69) is 38.5 Å². The van der Waals surface area contributed by atoms with Crippen LogP contribution in [0.5, 0.6) is 0 Å². The van der Waals surface area contributed by atoms with Gasteiger partial charge in [-0.05, 0) is 51.5 Å². The Morgan fingerprint density at radius 3 is 1.64 bits per heavy atom. The number of hydrogen-bond donors (Lipinski definition) is 8. The zero-order valence-corrected chi connectivity index (χ0v) is 36.7. The molecule has 0 bridgehead atoms. The summed E-state index contributed by atoms with van der Waals surface area (Å²) in [5.74, 6) is -3.90. The van der Waals surface area contributed by atoms with Crippen LogP contribution in [0, 0.1) is 5.92 Å². The van der Waals surface area contributed by atoms with E-state index < -0.39 is 65.9 Å². The molecule has 5 amide bonds. The van der Waals surface area contributed by atoms with Crippen molar-refractivity contribution < 1.29 is 33.9 Å². The Morgan fingerprint density at radius 1 is 0.627 bits per heavy atom. The molecule has 0 aromatic heterocycles. The van der Waals surface area contributed by atoms with E-state index >= 15 is 0 Å². The van der Waals surface area contributed by atoms with Crippen molar-refractivity contribution in [3.05, 3.63) is 35.9 Å². The Hall–Kier alpha value is -4.53. The highest BCUT2D eigenvalue weighted by molar-refractivity contribution is 5.96. The zero-order valence-electron chi connectivity index (χ0n) is 36.7. The van der Waals surface area contributed by atoms with Gasteiger partial charge < -0.3 is 43.2 Å². The number of benzene rings is 1. The van der Waals surface area contributed by atoms with Crippen molar-refractivity contribution in [2.24, 2.45) is 22.4 Å². The van der Waals surface area contributed by atoms with Crippen LogP contribution < -0.4 is 38.1 Å². The maximum Gasteiger partial charge on any atom is 0.245 e. The molecule has 334 valence electrons. The van der Waals surface area contributed by atoms with E-state index in [1.807, 2.05) is 6.07 Å². The van der Waals surface area contributed by atoms with Crippen LogP contribution in [-0.2, 0) is 35.2 Å². The van der Waals surface area contributed by atoms with Gasteiger partial charge in [0.1, 0.15) is 24.2 Å². The number of carbonyl (C=O) groups excluding carboxylic acids is 6. The van der Waals surface area contributed by atoms with Gasteiger partial charge in [0, 0.05) is 19.4 Å². The van der Waals surface area contributed by atoms with Gasteiger partial charge in [-0.1, -0.05) is 128 Å². The fourth-order valence-electron chi connectivity index (χ4n) is 6.51. The van der Waals surface area contributed by atoms with Gasteiger partial charge in [-0.15, -0.1) is 0 Å². The third-order valence-electron chi connectivity index (χ3n) is 10.3. The standard InChI is InChI=1S/C44H76N8O7/c1-7-8-9-10-11-12-13-14-15-16-17-18-22-27-37(55)51-39(33(6)54)43(59)52-38(30(2)3)42(58)50-36(29-34-24-20-19-21-25-34)41(57)49-35(26-23-28-47-44(45)46)40(56)48-31(4)32(5)53/h19-21,24-25,30-31,33,35-36,38-39,54H,7-18,22-23,26-29H2,1-6H3,(H,48,56)(H,49,57)(H,50,58)(H,51,55)(H,52,59)(H4,45,46,47)/t31-,33+,35-,36-,38-,39?/m0/s1. The summed E-state index contributed by atoms with van der Waals surface area (Å²) in [4.78, 5) is 83.3. The normalized spacial score (nSPS) is 14.2. The number of nitrogens with zero attached hydrogens (tertiary/aromatic N) is 1. The molecular formula is C44H76N8O7. The second kappa shape index (κ2) is 30.5. The van der Waals surface area contributed by atoms with Gasteiger partial charge in [-0.2, -0.15) is 0 Å². The van der Waals surface area contributed by atoms with Crippen LogP contribution in [0.2, 0.25) is 0 Å². The monoisotopic (exact) mass is 829 g/mol. The number of hydrogen-bond acceptors (Lipinski definition) is 8. The van der Waals surface area contributed by atoms with Crippen molar-refractivity contribution in [3.63, 3.8) is 0 Å². The summed E-state index contributed by atoms with van der Waals surface area (Å²) < 4.78 is 0. The van der Waals surface area contributed by atoms with Crippen LogP contribution in [0.3, 0.4) is 0 Å². The van der Waals surface area contributed by atoms with Gasteiger partial charge in [0.05, 0.1) is 12.1 Å². The maximum atomic E-state index is 13.9.